The van der Waals surface area contributed by atoms with Crippen LogP contribution in [0.2, 0.25) is 0 Å². The van der Waals surface area contributed by atoms with Gasteiger partial charge in [-0.1, -0.05) is 50.1 Å². The number of hydrogen-bond donors (Lipinski definition) is 1. The van der Waals surface area contributed by atoms with Crippen LogP contribution < -0.4 is 0 Å². The van der Waals surface area contributed by atoms with Gasteiger partial charge >= 0.3 is 0 Å². The van der Waals surface area contributed by atoms with Crippen molar-refractivity contribution in [3.8, 4) is 0 Å². The highest BCUT2D eigenvalue weighted by Gasteiger charge is 2.09. The first kappa shape index (κ1) is 11.3. The average molecular weight is 192 g/mol. The van der Waals surface area contributed by atoms with Crippen LogP contribution in [0.5, 0.6) is 0 Å². The third kappa shape index (κ3) is 3.51. The Kier molecular flexibility index (Phi) is 5.31. The van der Waals surface area contributed by atoms with E-state index in [9.17, 15) is 0 Å². The maximum atomic E-state index is 9.00. The maximum absolute atomic E-state index is 9.00. The fourth-order valence-electron chi connectivity index (χ4n) is 1.81. The van der Waals surface area contributed by atoms with Crippen molar-refractivity contribution in [2.75, 3.05) is 6.61 Å². The molecule has 1 rings (SSSR count). The molecule has 0 aliphatic rings. The van der Waals surface area contributed by atoms with Gasteiger partial charge in [-0.3, -0.25) is 0 Å². The lowest BCUT2D eigenvalue weighted by Crippen LogP contribution is -2.01. The Labute approximate surface area is 86.8 Å². The molecule has 1 heteroatoms. The topological polar surface area (TPSA) is 20.2 Å². The molecule has 1 atom stereocenters. The van der Waals surface area contributed by atoms with E-state index in [-0.39, 0.29) is 0 Å². The molecule has 0 saturated heterocycles. The molecule has 14 heavy (non-hydrogen) atoms. The molecule has 1 aromatic rings. The summed E-state index contributed by atoms with van der Waals surface area (Å²) in [5, 5.41) is 9.00. The number of benzene rings is 1. The lowest BCUT2D eigenvalue weighted by atomic mass is 9.91. The molecule has 0 radical (unpaired) electrons. The summed E-state index contributed by atoms with van der Waals surface area (Å²) in [4.78, 5) is 0. The Morgan fingerprint density at radius 3 is 2.43 bits per heavy atom. The smallest absolute Gasteiger partial charge is 0.0436 e. The minimum atomic E-state index is 0.295. The van der Waals surface area contributed by atoms with Crippen molar-refractivity contribution < 1.29 is 5.11 Å². The van der Waals surface area contributed by atoms with Crippen molar-refractivity contribution in [2.45, 2.75) is 38.5 Å². The maximum Gasteiger partial charge on any atom is 0.0436 e. The first-order chi connectivity index (χ1) is 6.88. The summed E-state index contributed by atoms with van der Waals surface area (Å²) in [6.07, 6.45) is 4.57. The van der Waals surface area contributed by atoms with Crippen LogP contribution in [0.15, 0.2) is 30.3 Å². The van der Waals surface area contributed by atoms with E-state index < -0.39 is 0 Å². The van der Waals surface area contributed by atoms with E-state index in [0.717, 1.165) is 6.42 Å². The van der Waals surface area contributed by atoms with Crippen molar-refractivity contribution in [3.05, 3.63) is 35.9 Å². The summed E-state index contributed by atoms with van der Waals surface area (Å²) in [5.74, 6) is 0.543. The van der Waals surface area contributed by atoms with E-state index in [4.69, 9.17) is 5.11 Å². The number of aliphatic hydroxyl groups excluding tert-OH is 1. The number of aliphatic hydroxyl groups is 1. The Morgan fingerprint density at radius 1 is 1.14 bits per heavy atom. The molecule has 0 aliphatic heterocycles. The van der Waals surface area contributed by atoms with Crippen molar-refractivity contribution in [1.82, 2.24) is 0 Å². The first-order valence-electron chi connectivity index (χ1n) is 5.54. The Morgan fingerprint density at radius 2 is 1.86 bits per heavy atom. The van der Waals surface area contributed by atoms with Crippen LogP contribution in [0.1, 0.15) is 44.1 Å². The van der Waals surface area contributed by atoms with E-state index in [1.54, 1.807) is 0 Å². The van der Waals surface area contributed by atoms with E-state index in [1.165, 1.54) is 24.8 Å². The molecule has 0 spiro atoms. The molecule has 0 fully saturated rings. The second-order valence-electron chi connectivity index (χ2n) is 3.76. The number of hydrogen-bond acceptors (Lipinski definition) is 1. The second kappa shape index (κ2) is 6.61. The van der Waals surface area contributed by atoms with E-state index >= 15 is 0 Å². The number of unbranched alkanes of at least 4 members (excludes halogenated alkanes) is 1. The van der Waals surface area contributed by atoms with E-state index in [1.807, 2.05) is 6.07 Å². The highest BCUT2D eigenvalue weighted by Crippen LogP contribution is 2.24. The summed E-state index contributed by atoms with van der Waals surface area (Å²) in [5.41, 5.74) is 1.37. The molecule has 1 N–H and O–H groups in total. The zero-order valence-electron chi connectivity index (χ0n) is 8.95. The molecule has 1 aromatic carbocycles. The lowest BCUT2D eigenvalue weighted by Gasteiger charge is -2.15. The first-order valence-corrected chi connectivity index (χ1v) is 5.54. The minimum Gasteiger partial charge on any atom is -0.396 e. The van der Waals surface area contributed by atoms with Crippen molar-refractivity contribution >= 4 is 0 Å². The van der Waals surface area contributed by atoms with Gasteiger partial charge in [-0.2, -0.15) is 0 Å². The van der Waals surface area contributed by atoms with Gasteiger partial charge in [-0.25, -0.2) is 0 Å². The largest absolute Gasteiger partial charge is 0.396 e. The van der Waals surface area contributed by atoms with Gasteiger partial charge in [0, 0.05) is 6.61 Å². The SMILES string of the molecule is CCCCC(CCO)c1ccccc1. The van der Waals surface area contributed by atoms with Crippen molar-refractivity contribution in [3.63, 3.8) is 0 Å². The van der Waals surface area contributed by atoms with Crippen LogP contribution >= 0.6 is 0 Å². The third-order valence-corrected chi connectivity index (χ3v) is 2.65. The van der Waals surface area contributed by atoms with Crippen LogP contribution in [-0.4, -0.2) is 11.7 Å². The van der Waals surface area contributed by atoms with Gasteiger partial charge in [0.1, 0.15) is 0 Å². The van der Waals surface area contributed by atoms with Gasteiger partial charge in [-0.15, -0.1) is 0 Å². The highest BCUT2D eigenvalue weighted by molar-refractivity contribution is 5.19. The van der Waals surface area contributed by atoms with Gasteiger partial charge in [0.2, 0.25) is 0 Å². The summed E-state index contributed by atoms with van der Waals surface area (Å²) in [7, 11) is 0. The molecular weight excluding hydrogens is 172 g/mol. The highest BCUT2D eigenvalue weighted by atomic mass is 16.3. The monoisotopic (exact) mass is 192 g/mol. The van der Waals surface area contributed by atoms with Crippen molar-refractivity contribution in [1.29, 1.82) is 0 Å². The second-order valence-corrected chi connectivity index (χ2v) is 3.76. The molecule has 1 nitrogen and oxygen atoms in total. The fraction of sp³-hybridized carbons (Fsp3) is 0.538. The van der Waals surface area contributed by atoms with Crippen LogP contribution in [0.4, 0.5) is 0 Å². The molecule has 0 aliphatic carbocycles. The van der Waals surface area contributed by atoms with Gasteiger partial charge < -0.3 is 5.11 Å². The standard InChI is InChI=1S/C13H20O/c1-2-3-7-13(10-11-14)12-8-5-4-6-9-12/h4-6,8-9,13-14H,2-3,7,10-11H2,1H3. The Balaban J connectivity index is 2.58. The average Bonchev–Trinajstić information content (AvgIpc) is 2.25. The summed E-state index contributed by atoms with van der Waals surface area (Å²) >= 11 is 0. The summed E-state index contributed by atoms with van der Waals surface area (Å²) in [6.45, 7) is 2.50. The normalized spacial score (nSPS) is 12.7. The molecule has 78 valence electrons. The fourth-order valence-corrected chi connectivity index (χ4v) is 1.81. The molecule has 0 heterocycles. The van der Waals surface area contributed by atoms with Crippen molar-refractivity contribution in [2.24, 2.45) is 0 Å². The zero-order chi connectivity index (χ0) is 10.2. The van der Waals surface area contributed by atoms with Crippen LogP contribution in [-0.2, 0) is 0 Å². The van der Waals surface area contributed by atoms with E-state index in [0.29, 0.717) is 12.5 Å². The van der Waals surface area contributed by atoms with Crippen LogP contribution in [0, 0.1) is 0 Å². The molecule has 0 bridgehead atoms. The quantitative estimate of drug-likeness (QED) is 0.733. The third-order valence-electron chi connectivity index (χ3n) is 2.65. The molecule has 0 aromatic heterocycles. The molecule has 1 unspecified atom stereocenters. The summed E-state index contributed by atoms with van der Waals surface area (Å²) in [6, 6.07) is 10.5. The molecule has 0 saturated carbocycles. The van der Waals surface area contributed by atoms with Crippen LogP contribution in [0.25, 0.3) is 0 Å². The van der Waals surface area contributed by atoms with Gasteiger partial charge in [0.15, 0.2) is 0 Å². The molecule has 0 amide bonds. The van der Waals surface area contributed by atoms with Gasteiger partial charge in [0.05, 0.1) is 0 Å². The minimum absolute atomic E-state index is 0.295. The zero-order valence-corrected chi connectivity index (χ0v) is 8.95. The van der Waals surface area contributed by atoms with Crippen LogP contribution in [0.3, 0.4) is 0 Å². The predicted molar refractivity (Wildman–Crippen MR) is 60.4 cm³/mol. The Bertz CT molecular complexity index is 230. The molecular formula is C13H20O. The van der Waals surface area contributed by atoms with Gasteiger partial charge in [-0.05, 0) is 24.3 Å². The lowest BCUT2D eigenvalue weighted by molar-refractivity contribution is 0.271. The number of rotatable bonds is 6. The predicted octanol–water partition coefficient (Wildman–Crippen LogP) is 3.34. The van der Waals surface area contributed by atoms with E-state index in [2.05, 4.69) is 31.2 Å². The summed E-state index contributed by atoms with van der Waals surface area (Å²) < 4.78 is 0. The Hall–Kier alpha value is -0.820. The van der Waals surface area contributed by atoms with Gasteiger partial charge in [0.25, 0.3) is 0 Å².